The number of nitrogens with zero attached hydrogens (tertiary/aromatic N) is 2. The SMILES string of the molecule is CN=C(NCCS(=O)(=O)NCC1CCC1)NC1CCCN(c2cccc(F)c2)C1. The van der Waals surface area contributed by atoms with Crippen molar-refractivity contribution in [1.29, 1.82) is 0 Å². The lowest BCUT2D eigenvalue weighted by molar-refractivity contribution is 0.316. The topological polar surface area (TPSA) is 85.8 Å². The zero-order valence-corrected chi connectivity index (χ0v) is 17.8. The van der Waals surface area contributed by atoms with Crippen LogP contribution in [0.25, 0.3) is 0 Å². The molecular weight excluding hydrogens is 393 g/mol. The summed E-state index contributed by atoms with van der Waals surface area (Å²) < 4.78 is 40.4. The Hall–Kier alpha value is -1.87. The number of anilines is 1. The molecule has 1 atom stereocenters. The van der Waals surface area contributed by atoms with E-state index < -0.39 is 10.0 Å². The molecule has 2 fully saturated rings. The molecule has 1 aromatic rings. The van der Waals surface area contributed by atoms with Gasteiger partial charge in [0.15, 0.2) is 5.96 Å². The number of nitrogens with one attached hydrogen (secondary N) is 3. The van der Waals surface area contributed by atoms with E-state index in [1.807, 2.05) is 6.07 Å². The van der Waals surface area contributed by atoms with Crippen molar-refractivity contribution >= 4 is 21.7 Å². The lowest BCUT2D eigenvalue weighted by Crippen LogP contribution is -2.52. The van der Waals surface area contributed by atoms with Crippen LogP contribution in [0, 0.1) is 11.7 Å². The van der Waals surface area contributed by atoms with Crippen LogP contribution >= 0.6 is 0 Å². The molecule has 29 heavy (non-hydrogen) atoms. The van der Waals surface area contributed by atoms with Gasteiger partial charge in [0, 0.05) is 45.0 Å². The maximum absolute atomic E-state index is 13.5. The molecule has 1 aliphatic carbocycles. The van der Waals surface area contributed by atoms with Crippen LogP contribution in [0.2, 0.25) is 0 Å². The normalized spacial score (nSPS) is 21.0. The molecule has 1 unspecified atom stereocenters. The fraction of sp³-hybridized carbons (Fsp3) is 0.650. The van der Waals surface area contributed by atoms with Crippen LogP contribution in [0.4, 0.5) is 10.1 Å². The largest absolute Gasteiger partial charge is 0.369 e. The molecular formula is C20H32FN5O2S. The monoisotopic (exact) mass is 425 g/mol. The number of aliphatic imine (C=N–C) groups is 1. The minimum absolute atomic E-state index is 0.0144. The number of piperidine rings is 1. The Morgan fingerprint density at radius 1 is 1.28 bits per heavy atom. The quantitative estimate of drug-likeness (QED) is 0.436. The Kier molecular flexibility index (Phi) is 7.71. The Balaban J connectivity index is 1.43. The third-order valence-electron chi connectivity index (χ3n) is 5.64. The van der Waals surface area contributed by atoms with Crippen LogP contribution in [0.1, 0.15) is 32.1 Å². The fourth-order valence-electron chi connectivity index (χ4n) is 3.71. The predicted octanol–water partition coefficient (Wildman–Crippen LogP) is 1.68. The van der Waals surface area contributed by atoms with Crippen LogP contribution < -0.4 is 20.3 Å². The van der Waals surface area contributed by atoms with Crippen molar-refractivity contribution in [2.75, 3.05) is 43.9 Å². The van der Waals surface area contributed by atoms with Crippen molar-refractivity contribution in [2.45, 2.75) is 38.1 Å². The second-order valence-corrected chi connectivity index (χ2v) is 9.80. The number of benzene rings is 1. The third-order valence-corrected chi connectivity index (χ3v) is 6.99. The molecule has 3 rings (SSSR count). The summed E-state index contributed by atoms with van der Waals surface area (Å²) in [5.74, 6) is 0.868. The van der Waals surface area contributed by atoms with Crippen molar-refractivity contribution in [3.05, 3.63) is 30.1 Å². The average molecular weight is 426 g/mol. The van der Waals surface area contributed by atoms with Gasteiger partial charge in [-0.05, 0) is 49.8 Å². The van der Waals surface area contributed by atoms with Gasteiger partial charge in [0.1, 0.15) is 5.82 Å². The first kappa shape index (κ1) is 21.8. The highest BCUT2D eigenvalue weighted by Crippen LogP contribution is 2.25. The van der Waals surface area contributed by atoms with Crippen LogP contribution in [0.15, 0.2) is 29.3 Å². The Bertz CT molecular complexity index is 798. The van der Waals surface area contributed by atoms with E-state index in [4.69, 9.17) is 0 Å². The van der Waals surface area contributed by atoms with Crippen molar-refractivity contribution < 1.29 is 12.8 Å². The summed E-state index contributed by atoms with van der Waals surface area (Å²) in [5, 5.41) is 6.46. The number of hydrogen-bond acceptors (Lipinski definition) is 4. The van der Waals surface area contributed by atoms with E-state index in [1.54, 1.807) is 19.2 Å². The van der Waals surface area contributed by atoms with Crippen molar-refractivity contribution in [1.82, 2.24) is 15.4 Å². The standard InChI is InChI=1S/C20H32FN5O2S/c1-22-20(23-10-12-29(27,28)24-14-16-5-2-6-16)25-18-8-4-11-26(15-18)19-9-3-7-17(21)13-19/h3,7,9,13,16,18,24H,2,4-6,8,10-12,14-15H2,1H3,(H2,22,23,25). The molecule has 1 aliphatic heterocycles. The first-order valence-electron chi connectivity index (χ1n) is 10.4. The van der Waals surface area contributed by atoms with Gasteiger partial charge < -0.3 is 15.5 Å². The Labute approximate surface area is 173 Å². The third kappa shape index (κ3) is 6.85. The highest BCUT2D eigenvalue weighted by atomic mass is 32.2. The summed E-state index contributed by atoms with van der Waals surface area (Å²) in [4.78, 5) is 6.37. The van der Waals surface area contributed by atoms with Gasteiger partial charge in [-0.2, -0.15) is 0 Å². The summed E-state index contributed by atoms with van der Waals surface area (Å²) in [6.45, 7) is 2.47. The van der Waals surface area contributed by atoms with Gasteiger partial charge >= 0.3 is 0 Å². The van der Waals surface area contributed by atoms with Crippen LogP contribution in [0.3, 0.4) is 0 Å². The summed E-state index contributed by atoms with van der Waals surface area (Å²) in [5.41, 5.74) is 0.878. The summed E-state index contributed by atoms with van der Waals surface area (Å²) in [6.07, 6.45) is 5.41. The van der Waals surface area contributed by atoms with Gasteiger partial charge in [-0.1, -0.05) is 12.5 Å². The van der Waals surface area contributed by atoms with E-state index in [9.17, 15) is 12.8 Å². The van der Waals surface area contributed by atoms with Crippen molar-refractivity contribution in [3.63, 3.8) is 0 Å². The van der Waals surface area contributed by atoms with Crippen LogP contribution in [0.5, 0.6) is 0 Å². The number of rotatable bonds is 8. The summed E-state index contributed by atoms with van der Waals surface area (Å²) >= 11 is 0. The van der Waals surface area contributed by atoms with Crippen LogP contribution in [-0.4, -0.2) is 59.4 Å². The molecule has 1 saturated carbocycles. The number of halogens is 1. The van der Waals surface area contributed by atoms with E-state index in [1.165, 1.54) is 12.5 Å². The lowest BCUT2D eigenvalue weighted by atomic mass is 9.86. The highest BCUT2D eigenvalue weighted by molar-refractivity contribution is 7.89. The minimum atomic E-state index is -3.28. The molecule has 162 valence electrons. The summed E-state index contributed by atoms with van der Waals surface area (Å²) in [6, 6.07) is 6.80. The second kappa shape index (κ2) is 10.2. The molecule has 0 radical (unpaired) electrons. The minimum Gasteiger partial charge on any atom is -0.369 e. The number of hydrogen-bond donors (Lipinski definition) is 3. The molecule has 1 saturated heterocycles. The molecule has 3 N–H and O–H groups in total. The molecule has 0 bridgehead atoms. The molecule has 7 nitrogen and oxygen atoms in total. The van der Waals surface area contributed by atoms with E-state index in [0.29, 0.717) is 25.0 Å². The molecule has 2 aliphatic rings. The van der Waals surface area contributed by atoms with Gasteiger partial charge in [-0.25, -0.2) is 17.5 Å². The number of sulfonamides is 1. The Morgan fingerprint density at radius 3 is 2.79 bits per heavy atom. The zero-order valence-electron chi connectivity index (χ0n) is 17.0. The van der Waals surface area contributed by atoms with Gasteiger partial charge in [-0.15, -0.1) is 0 Å². The molecule has 1 aromatic carbocycles. The molecule has 0 aromatic heterocycles. The first-order valence-corrected chi connectivity index (χ1v) is 12.1. The van der Waals surface area contributed by atoms with Gasteiger partial charge in [0.25, 0.3) is 0 Å². The van der Waals surface area contributed by atoms with E-state index in [0.717, 1.165) is 44.5 Å². The van der Waals surface area contributed by atoms with Crippen molar-refractivity contribution in [2.24, 2.45) is 10.9 Å². The maximum Gasteiger partial charge on any atom is 0.213 e. The van der Waals surface area contributed by atoms with Gasteiger partial charge in [0.2, 0.25) is 10.0 Å². The highest BCUT2D eigenvalue weighted by Gasteiger charge is 2.22. The van der Waals surface area contributed by atoms with E-state index >= 15 is 0 Å². The van der Waals surface area contributed by atoms with Crippen molar-refractivity contribution in [3.8, 4) is 0 Å². The summed E-state index contributed by atoms with van der Waals surface area (Å²) in [7, 11) is -1.61. The first-order chi connectivity index (χ1) is 13.9. The molecule has 1 heterocycles. The Morgan fingerprint density at radius 2 is 2.10 bits per heavy atom. The zero-order chi connectivity index (χ0) is 20.7. The smallest absolute Gasteiger partial charge is 0.213 e. The molecule has 0 spiro atoms. The maximum atomic E-state index is 13.5. The molecule has 0 amide bonds. The van der Waals surface area contributed by atoms with Crippen LogP contribution in [-0.2, 0) is 10.0 Å². The van der Waals surface area contributed by atoms with E-state index in [-0.39, 0.29) is 17.6 Å². The number of guanidine groups is 1. The predicted molar refractivity (Wildman–Crippen MR) is 115 cm³/mol. The van der Waals surface area contributed by atoms with E-state index in [2.05, 4.69) is 25.2 Å². The average Bonchev–Trinajstić information content (AvgIpc) is 2.66. The fourth-order valence-corrected chi connectivity index (χ4v) is 4.71. The van der Waals surface area contributed by atoms with Gasteiger partial charge in [0.05, 0.1) is 5.75 Å². The lowest BCUT2D eigenvalue weighted by Gasteiger charge is -2.35. The molecule has 9 heteroatoms. The second-order valence-electron chi connectivity index (χ2n) is 7.87. The van der Waals surface area contributed by atoms with Gasteiger partial charge in [-0.3, -0.25) is 4.99 Å².